The minimum absolute atomic E-state index is 0.0219. The van der Waals surface area contributed by atoms with E-state index in [0.29, 0.717) is 15.6 Å². The summed E-state index contributed by atoms with van der Waals surface area (Å²) in [5.41, 5.74) is 0. The molecule has 0 aliphatic carbocycles. The molecule has 0 radical (unpaired) electrons. The molecule has 2 aliphatic rings. The first-order chi connectivity index (χ1) is 11.8. The second-order valence-corrected chi connectivity index (χ2v) is 10.7. The van der Waals surface area contributed by atoms with E-state index in [1.165, 1.54) is 32.9 Å². The normalized spacial score (nSPS) is 24.3. The van der Waals surface area contributed by atoms with Crippen molar-refractivity contribution in [2.75, 3.05) is 25.1 Å². The number of likely N-dealkylation sites (N-methyl/N-ethyl adjacent to an activating group) is 1. The number of hydrogen-bond acceptors (Lipinski definition) is 7. The third kappa shape index (κ3) is 4.13. The zero-order valence-corrected chi connectivity index (χ0v) is 16.6. The van der Waals surface area contributed by atoms with Gasteiger partial charge < -0.3 is 4.90 Å². The predicted octanol–water partition coefficient (Wildman–Crippen LogP) is 1.59. The Labute approximate surface area is 159 Å². The van der Waals surface area contributed by atoms with Gasteiger partial charge in [-0.25, -0.2) is 8.42 Å². The van der Waals surface area contributed by atoms with Gasteiger partial charge in [-0.1, -0.05) is 30.0 Å². The van der Waals surface area contributed by atoms with Crippen LogP contribution in [0.2, 0.25) is 0 Å². The van der Waals surface area contributed by atoms with Gasteiger partial charge in [0.1, 0.15) is 10.9 Å². The molecule has 10 heteroatoms. The Morgan fingerprint density at radius 2 is 2.28 bits per heavy atom. The summed E-state index contributed by atoms with van der Waals surface area (Å²) in [6, 6.07) is 3.46. The zero-order chi connectivity index (χ0) is 18.2. The first kappa shape index (κ1) is 18.6. The van der Waals surface area contributed by atoms with Gasteiger partial charge in [0.05, 0.1) is 16.4 Å². The lowest BCUT2D eigenvalue weighted by atomic mass is 10.2. The molecule has 2 amide bonds. The van der Waals surface area contributed by atoms with Gasteiger partial charge in [0.15, 0.2) is 9.84 Å². The fraction of sp³-hybridized carbons (Fsp3) is 0.400. The van der Waals surface area contributed by atoms with Crippen molar-refractivity contribution < 1.29 is 18.0 Å². The van der Waals surface area contributed by atoms with Crippen LogP contribution in [0.5, 0.6) is 0 Å². The van der Waals surface area contributed by atoms with Crippen LogP contribution in [0.3, 0.4) is 0 Å². The van der Waals surface area contributed by atoms with Crippen molar-refractivity contribution in [3.8, 4) is 0 Å². The van der Waals surface area contributed by atoms with Crippen LogP contribution in [-0.2, 0) is 19.4 Å². The zero-order valence-electron chi connectivity index (χ0n) is 13.4. The van der Waals surface area contributed by atoms with Gasteiger partial charge in [-0.15, -0.1) is 11.3 Å². The highest BCUT2D eigenvalue weighted by Gasteiger charge is 2.37. The molecule has 0 N–H and O–H groups in total. The molecule has 2 fully saturated rings. The third-order valence-corrected chi connectivity index (χ3v) is 8.08. The van der Waals surface area contributed by atoms with Crippen LogP contribution >= 0.6 is 35.3 Å². The van der Waals surface area contributed by atoms with Crippen molar-refractivity contribution >= 4 is 67.4 Å². The molecule has 6 nitrogen and oxygen atoms in total. The Balaban J connectivity index is 1.67. The molecular weight excluding hydrogens is 400 g/mol. The van der Waals surface area contributed by atoms with E-state index in [-0.39, 0.29) is 35.9 Å². The summed E-state index contributed by atoms with van der Waals surface area (Å²) in [6.45, 7) is -0.167. The number of thiophene rings is 1. The largest absolute Gasteiger partial charge is 0.340 e. The topological polar surface area (TPSA) is 74.8 Å². The Morgan fingerprint density at radius 1 is 1.52 bits per heavy atom. The highest BCUT2D eigenvalue weighted by molar-refractivity contribution is 8.26. The van der Waals surface area contributed by atoms with E-state index < -0.39 is 9.84 Å². The van der Waals surface area contributed by atoms with E-state index in [1.807, 2.05) is 17.5 Å². The van der Waals surface area contributed by atoms with Crippen molar-refractivity contribution in [2.45, 2.75) is 12.5 Å². The lowest BCUT2D eigenvalue weighted by Gasteiger charge is -2.25. The molecule has 1 atom stereocenters. The number of thioether (sulfide) groups is 1. The summed E-state index contributed by atoms with van der Waals surface area (Å²) < 4.78 is 23.5. The Morgan fingerprint density at radius 3 is 2.88 bits per heavy atom. The SMILES string of the molecule is CN(C(=O)CN1C(=O)C(=Cc2cccs2)SC1=S)C1CCS(=O)(=O)C1. The molecule has 25 heavy (non-hydrogen) atoms. The molecule has 0 aromatic carbocycles. The molecule has 1 aromatic heterocycles. The van der Waals surface area contributed by atoms with E-state index in [9.17, 15) is 18.0 Å². The predicted molar refractivity (Wildman–Crippen MR) is 104 cm³/mol. The van der Waals surface area contributed by atoms with Crippen molar-refractivity contribution in [1.82, 2.24) is 9.80 Å². The molecule has 0 bridgehead atoms. The Hall–Kier alpha value is -1.23. The van der Waals surface area contributed by atoms with Gasteiger partial charge in [-0.3, -0.25) is 14.5 Å². The van der Waals surface area contributed by atoms with Crippen LogP contribution in [0.4, 0.5) is 0 Å². The van der Waals surface area contributed by atoms with E-state index in [1.54, 1.807) is 13.1 Å². The Kier molecular flexibility index (Phi) is 5.33. The van der Waals surface area contributed by atoms with Gasteiger partial charge in [0, 0.05) is 18.0 Å². The minimum Gasteiger partial charge on any atom is -0.340 e. The fourth-order valence-corrected chi connectivity index (χ4v) is 6.42. The molecule has 2 saturated heterocycles. The number of hydrogen-bond donors (Lipinski definition) is 0. The minimum atomic E-state index is -3.07. The average Bonchev–Trinajstić information content (AvgIpc) is 3.24. The van der Waals surface area contributed by atoms with Crippen molar-refractivity contribution in [3.63, 3.8) is 0 Å². The average molecular weight is 417 g/mol. The monoisotopic (exact) mass is 416 g/mol. The maximum absolute atomic E-state index is 12.5. The number of carbonyl (C=O) groups is 2. The molecular formula is C15H16N2O4S4. The lowest BCUT2D eigenvalue weighted by Crippen LogP contribution is -2.45. The first-order valence-corrected chi connectivity index (χ1v) is 11.4. The van der Waals surface area contributed by atoms with Gasteiger partial charge in [-0.05, 0) is 23.9 Å². The summed E-state index contributed by atoms with van der Waals surface area (Å²) in [5.74, 6) is -0.522. The van der Waals surface area contributed by atoms with Crippen LogP contribution in [0.15, 0.2) is 22.4 Å². The molecule has 2 aliphatic heterocycles. The molecule has 3 rings (SSSR count). The maximum atomic E-state index is 12.5. The van der Waals surface area contributed by atoms with Crippen LogP contribution in [0, 0.1) is 0 Å². The van der Waals surface area contributed by atoms with Crippen molar-refractivity contribution in [1.29, 1.82) is 0 Å². The molecule has 0 spiro atoms. The van der Waals surface area contributed by atoms with E-state index in [0.717, 1.165) is 4.88 Å². The third-order valence-electron chi connectivity index (χ3n) is 4.13. The first-order valence-electron chi connectivity index (χ1n) is 7.52. The number of sulfone groups is 1. The van der Waals surface area contributed by atoms with Gasteiger partial charge in [0.25, 0.3) is 5.91 Å². The Bertz CT molecular complexity index is 845. The number of carbonyl (C=O) groups excluding carboxylic acids is 2. The van der Waals surface area contributed by atoms with Crippen LogP contribution in [-0.4, -0.2) is 65.5 Å². The molecule has 1 aromatic rings. The summed E-state index contributed by atoms with van der Waals surface area (Å²) in [7, 11) is -1.50. The van der Waals surface area contributed by atoms with E-state index in [4.69, 9.17) is 12.2 Å². The summed E-state index contributed by atoms with van der Waals surface area (Å²) >= 11 is 7.92. The highest BCUT2D eigenvalue weighted by Crippen LogP contribution is 2.33. The molecule has 0 saturated carbocycles. The van der Waals surface area contributed by atoms with Crippen LogP contribution in [0.1, 0.15) is 11.3 Å². The maximum Gasteiger partial charge on any atom is 0.266 e. The van der Waals surface area contributed by atoms with Crippen molar-refractivity contribution in [3.05, 3.63) is 27.3 Å². The number of amides is 2. The van der Waals surface area contributed by atoms with E-state index >= 15 is 0 Å². The number of thiocarbonyl (C=S) groups is 1. The summed E-state index contributed by atoms with van der Waals surface area (Å²) in [5, 5.41) is 1.92. The highest BCUT2D eigenvalue weighted by atomic mass is 32.2. The van der Waals surface area contributed by atoms with Crippen LogP contribution < -0.4 is 0 Å². The summed E-state index contributed by atoms with van der Waals surface area (Å²) in [4.78, 5) is 29.1. The number of nitrogens with zero attached hydrogens (tertiary/aromatic N) is 2. The molecule has 134 valence electrons. The second-order valence-electron chi connectivity index (χ2n) is 5.84. The van der Waals surface area contributed by atoms with Gasteiger partial charge in [0.2, 0.25) is 5.91 Å². The standard InChI is InChI=1S/C15H16N2O4S4/c1-16(10-4-6-25(20,21)9-10)13(18)8-17-14(19)12(24-15(17)22)7-11-3-2-5-23-11/h2-3,5,7,10H,4,6,8-9H2,1H3. The number of rotatable bonds is 4. The van der Waals surface area contributed by atoms with Crippen LogP contribution in [0.25, 0.3) is 6.08 Å². The smallest absolute Gasteiger partial charge is 0.266 e. The van der Waals surface area contributed by atoms with Gasteiger partial charge in [-0.2, -0.15) is 0 Å². The molecule has 1 unspecified atom stereocenters. The molecule has 3 heterocycles. The quantitative estimate of drug-likeness (QED) is 0.548. The summed E-state index contributed by atoms with van der Waals surface area (Å²) in [6.07, 6.45) is 2.20. The van der Waals surface area contributed by atoms with Gasteiger partial charge >= 0.3 is 0 Å². The lowest BCUT2D eigenvalue weighted by molar-refractivity contribution is -0.135. The van der Waals surface area contributed by atoms with E-state index in [2.05, 4.69) is 0 Å². The van der Waals surface area contributed by atoms with Crippen molar-refractivity contribution in [2.24, 2.45) is 0 Å². The second kappa shape index (κ2) is 7.18. The fourth-order valence-electron chi connectivity index (χ4n) is 2.67.